The molecule has 0 saturated heterocycles. The van der Waals surface area contributed by atoms with E-state index in [1.165, 1.54) is 21.9 Å². The fraction of sp³-hybridized carbons (Fsp3) is 0.190. The van der Waals surface area contributed by atoms with E-state index in [4.69, 9.17) is 0 Å². The molecule has 0 aliphatic heterocycles. The van der Waals surface area contributed by atoms with Crippen LogP contribution in [-0.4, -0.2) is 12.2 Å². The average Bonchev–Trinajstić information content (AvgIpc) is 2.65. The van der Waals surface area contributed by atoms with Crippen LogP contribution in [0, 0.1) is 0 Å². The Morgan fingerprint density at radius 2 is 1.67 bits per heavy atom. The lowest BCUT2D eigenvalue weighted by molar-refractivity contribution is 0.723. The third-order valence-electron chi connectivity index (χ3n) is 4.03. The van der Waals surface area contributed by atoms with Crippen LogP contribution in [-0.2, 0) is 5.75 Å². The van der Waals surface area contributed by atoms with Crippen molar-refractivity contribution in [1.29, 1.82) is 0 Å². The van der Waals surface area contributed by atoms with E-state index in [9.17, 15) is 0 Å². The van der Waals surface area contributed by atoms with Gasteiger partial charge >= 0.3 is 0 Å². The maximum Gasteiger partial charge on any atom is 0.157 e. The van der Waals surface area contributed by atoms with E-state index in [0.717, 1.165) is 10.9 Å². The summed E-state index contributed by atoms with van der Waals surface area (Å²) in [6, 6.07) is 25.8. The zero-order chi connectivity index (χ0) is 16.8. The van der Waals surface area contributed by atoms with Crippen molar-refractivity contribution in [2.75, 3.05) is 7.05 Å². The van der Waals surface area contributed by atoms with Crippen molar-refractivity contribution in [3.8, 4) is 0 Å². The molecule has 0 spiro atoms. The number of rotatable bonds is 4. The van der Waals surface area contributed by atoms with Gasteiger partial charge in [0.05, 0.1) is 6.04 Å². The molecule has 24 heavy (non-hydrogen) atoms. The highest BCUT2D eigenvalue weighted by atomic mass is 32.2. The van der Waals surface area contributed by atoms with E-state index in [-0.39, 0.29) is 6.04 Å². The number of amidine groups is 1. The molecule has 0 fully saturated rings. The van der Waals surface area contributed by atoms with Crippen molar-refractivity contribution in [3.05, 3.63) is 83.9 Å². The summed E-state index contributed by atoms with van der Waals surface area (Å²) in [7, 11) is 1.84. The van der Waals surface area contributed by atoms with Crippen LogP contribution in [0.5, 0.6) is 0 Å². The molecule has 3 aromatic carbocycles. The van der Waals surface area contributed by atoms with E-state index in [2.05, 4.69) is 84.0 Å². The van der Waals surface area contributed by atoms with Gasteiger partial charge in [0, 0.05) is 12.8 Å². The zero-order valence-corrected chi connectivity index (χ0v) is 14.9. The van der Waals surface area contributed by atoms with Crippen LogP contribution in [0.2, 0.25) is 0 Å². The minimum atomic E-state index is 0.244. The third-order valence-corrected chi connectivity index (χ3v) is 5.08. The summed E-state index contributed by atoms with van der Waals surface area (Å²) in [6.07, 6.45) is 0. The predicted octanol–water partition coefficient (Wildman–Crippen LogP) is 5.41. The van der Waals surface area contributed by atoms with E-state index < -0.39 is 0 Å². The number of fused-ring (bicyclic) bond motifs is 1. The number of aliphatic imine (C=N–C) groups is 1. The largest absolute Gasteiger partial charge is 0.358 e. The van der Waals surface area contributed by atoms with Gasteiger partial charge < -0.3 is 5.32 Å². The summed E-state index contributed by atoms with van der Waals surface area (Å²) in [5, 5.41) is 7.05. The van der Waals surface area contributed by atoms with Crippen molar-refractivity contribution in [3.63, 3.8) is 0 Å². The van der Waals surface area contributed by atoms with Gasteiger partial charge in [0.2, 0.25) is 0 Å². The van der Waals surface area contributed by atoms with Crippen LogP contribution in [0.4, 0.5) is 0 Å². The zero-order valence-electron chi connectivity index (χ0n) is 14.1. The highest BCUT2D eigenvalue weighted by molar-refractivity contribution is 8.13. The summed E-state index contributed by atoms with van der Waals surface area (Å²) < 4.78 is 0. The third kappa shape index (κ3) is 4.18. The molecule has 2 nitrogen and oxygen atoms in total. The predicted molar refractivity (Wildman–Crippen MR) is 107 cm³/mol. The van der Waals surface area contributed by atoms with Gasteiger partial charge in [-0.2, -0.15) is 0 Å². The fourth-order valence-electron chi connectivity index (χ4n) is 2.66. The number of nitrogens with one attached hydrogen (secondary N) is 1. The monoisotopic (exact) mass is 334 g/mol. The molecule has 0 saturated carbocycles. The van der Waals surface area contributed by atoms with Crippen molar-refractivity contribution in [2.45, 2.75) is 18.7 Å². The lowest BCUT2D eigenvalue weighted by Crippen LogP contribution is -2.24. The minimum Gasteiger partial charge on any atom is -0.358 e. The molecule has 3 aromatic rings. The molecule has 3 heteroatoms. The maximum atomic E-state index is 4.40. The van der Waals surface area contributed by atoms with Crippen LogP contribution < -0.4 is 5.32 Å². The molecule has 0 heterocycles. The summed E-state index contributed by atoms with van der Waals surface area (Å²) in [4.78, 5) is 4.40. The van der Waals surface area contributed by atoms with Gasteiger partial charge in [-0.05, 0) is 28.8 Å². The molecule has 0 bridgehead atoms. The molecular formula is C21H22N2S. The maximum absolute atomic E-state index is 4.40. The second kappa shape index (κ2) is 8.02. The Labute approximate surface area is 148 Å². The van der Waals surface area contributed by atoms with Gasteiger partial charge in [-0.15, -0.1) is 0 Å². The molecule has 0 aliphatic carbocycles. The van der Waals surface area contributed by atoms with Gasteiger partial charge in [0.15, 0.2) is 5.17 Å². The molecule has 1 N–H and O–H groups in total. The van der Waals surface area contributed by atoms with Crippen LogP contribution >= 0.6 is 11.8 Å². The number of nitrogens with zero attached hydrogens (tertiary/aromatic N) is 1. The van der Waals surface area contributed by atoms with Crippen molar-refractivity contribution in [1.82, 2.24) is 5.32 Å². The fourth-order valence-corrected chi connectivity index (χ4v) is 3.53. The molecule has 3 rings (SSSR count). The molecule has 0 amide bonds. The number of hydrogen-bond donors (Lipinski definition) is 1. The smallest absolute Gasteiger partial charge is 0.157 e. The van der Waals surface area contributed by atoms with Crippen molar-refractivity contribution >= 4 is 27.7 Å². The standard InChI is InChI=1S/C21H22N2S/c1-16(18-8-4-3-5-9-18)23-21(22-2)24-15-17-12-13-19-10-6-7-11-20(19)14-17/h3-14,16H,15H2,1-2H3,(H,22,23). The first-order valence-electron chi connectivity index (χ1n) is 8.15. The minimum absolute atomic E-state index is 0.244. The van der Waals surface area contributed by atoms with Gasteiger partial charge in [-0.3, -0.25) is 4.99 Å². The van der Waals surface area contributed by atoms with Crippen LogP contribution in [0.3, 0.4) is 0 Å². The van der Waals surface area contributed by atoms with Crippen LogP contribution in [0.25, 0.3) is 10.8 Å². The number of benzene rings is 3. The summed E-state index contributed by atoms with van der Waals surface area (Å²) in [5.74, 6) is 0.909. The van der Waals surface area contributed by atoms with Crippen molar-refractivity contribution in [2.24, 2.45) is 4.99 Å². The Morgan fingerprint density at radius 3 is 2.42 bits per heavy atom. The Morgan fingerprint density at radius 1 is 0.958 bits per heavy atom. The Balaban J connectivity index is 1.63. The van der Waals surface area contributed by atoms with Crippen LogP contribution in [0.15, 0.2) is 77.8 Å². The SMILES string of the molecule is C/N=C(/NC(C)c1ccccc1)SCc1ccc2ccccc2c1. The molecule has 1 unspecified atom stereocenters. The summed E-state index contributed by atoms with van der Waals surface area (Å²) in [6.45, 7) is 2.16. The highest BCUT2D eigenvalue weighted by Gasteiger charge is 2.08. The molecule has 0 aromatic heterocycles. The topological polar surface area (TPSA) is 24.4 Å². The Bertz CT molecular complexity index is 827. The van der Waals surface area contributed by atoms with Gasteiger partial charge in [0.1, 0.15) is 0 Å². The molecule has 0 aliphatic rings. The van der Waals surface area contributed by atoms with Gasteiger partial charge in [0.25, 0.3) is 0 Å². The van der Waals surface area contributed by atoms with E-state index in [1.54, 1.807) is 11.8 Å². The number of thioether (sulfide) groups is 1. The lowest BCUT2D eigenvalue weighted by atomic mass is 10.1. The first-order valence-corrected chi connectivity index (χ1v) is 9.13. The first-order chi connectivity index (χ1) is 11.8. The van der Waals surface area contributed by atoms with Gasteiger partial charge in [-0.1, -0.05) is 84.6 Å². The molecular weight excluding hydrogens is 312 g/mol. The van der Waals surface area contributed by atoms with Gasteiger partial charge in [-0.25, -0.2) is 0 Å². The number of hydrogen-bond acceptors (Lipinski definition) is 2. The van der Waals surface area contributed by atoms with E-state index >= 15 is 0 Å². The first kappa shape index (κ1) is 16.6. The lowest BCUT2D eigenvalue weighted by Gasteiger charge is -2.16. The molecule has 122 valence electrons. The van der Waals surface area contributed by atoms with Crippen molar-refractivity contribution < 1.29 is 0 Å². The highest BCUT2D eigenvalue weighted by Crippen LogP contribution is 2.21. The Hall–Kier alpha value is -2.26. The molecule has 0 radical (unpaired) electrons. The van der Waals surface area contributed by atoms with E-state index in [1.807, 2.05) is 13.1 Å². The van der Waals surface area contributed by atoms with Crippen LogP contribution in [0.1, 0.15) is 24.1 Å². The molecule has 1 atom stereocenters. The summed E-state index contributed by atoms with van der Waals surface area (Å²) >= 11 is 1.75. The Kier molecular flexibility index (Phi) is 5.55. The quantitative estimate of drug-likeness (QED) is 0.509. The van der Waals surface area contributed by atoms with E-state index in [0.29, 0.717) is 0 Å². The second-order valence-corrected chi connectivity index (χ2v) is 6.74. The second-order valence-electron chi connectivity index (χ2n) is 5.78. The summed E-state index contributed by atoms with van der Waals surface area (Å²) in [5.41, 5.74) is 2.58. The normalized spacial score (nSPS) is 13.0. The average molecular weight is 334 g/mol.